The van der Waals surface area contributed by atoms with E-state index in [0.29, 0.717) is 6.54 Å². The molecule has 0 unspecified atom stereocenters. The van der Waals surface area contributed by atoms with Crippen LogP contribution in [-0.4, -0.2) is 18.1 Å². The molecule has 0 aromatic heterocycles. The van der Waals surface area contributed by atoms with E-state index in [1.54, 1.807) is 0 Å². The van der Waals surface area contributed by atoms with E-state index in [-0.39, 0.29) is 5.54 Å². The van der Waals surface area contributed by atoms with E-state index < -0.39 is 6.03 Å². The van der Waals surface area contributed by atoms with Gasteiger partial charge in [-0.25, -0.2) is 4.79 Å². The van der Waals surface area contributed by atoms with Crippen LogP contribution in [0.15, 0.2) is 0 Å². The number of nitrogens with two attached hydrogens (primary N) is 2. The Labute approximate surface area is 54.6 Å². The van der Waals surface area contributed by atoms with Gasteiger partial charge in [-0.3, -0.25) is 0 Å². The molecular weight excluding hydrogens is 118 g/mol. The molecule has 0 saturated carbocycles. The first-order chi connectivity index (χ1) is 3.92. The third-order valence-electron chi connectivity index (χ3n) is 0.718. The zero-order valence-electron chi connectivity index (χ0n) is 5.77. The van der Waals surface area contributed by atoms with Crippen molar-refractivity contribution in [3.8, 4) is 0 Å². The largest absolute Gasteiger partial charge is 0.352 e. The highest BCUT2D eigenvalue weighted by Crippen LogP contribution is 1.91. The molecule has 54 valence electrons. The normalized spacial score (nSPS) is 11.0. The van der Waals surface area contributed by atoms with Gasteiger partial charge >= 0.3 is 6.03 Å². The summed E-state index contributed by atoms with van der Waals surface area (Å²) in [6, 6.07) is -0.534. The molecule has 5 N–H and O–H groups in total. The zero-order valence-corrected chi connectivity index (χ0v) is 5.77. The summed E-state index contributed by atoms with van der Waals surface area (Å²) in [6.45, 7) is 4.02. The number of hydrogen-bond donors (Lipinski definition) is 3. The Kier molecular flexibility index (Phi) is 2.45. The van der Waals surface area contributed by atoms with Crippen LogP contribution in [0.2, 0.25) is 0 Å². The van der Waals surface area contributed by atoms with E-state index in [4.69, 9.17) is 11.5 Å². The van der Waals surface area contributed by atoms with Crippen molar-refractivity contribution in [2.24, 2.45) is 11.5 Å². The number of urea groups is 1. The summed E-state index contributed by atoms with van der Waals surface area (Å²) >= 11 is 0. The Morgan fingerprint density at radius 1 is 1.67 bits per heavy atom. The van der Waals surface area contributed by atoms with Gasteiger partial charge in [0.05, 0.1) is 0 Å². The highest BCUT2D eigenvalue weighted by Gasteiger charge is 2.09. The van der Waals surface area contributed by atoms with Crippen molar-refractivity contribution in [2.75, 3.05) is 6.54 Å². The monoisotopic (exact) mass is 131 g/mol. The first kappa shape index (κ1) is 8.23. The van der Waals surface area contributed by atoms with Gasteiger partial charge in [0.25, 0.3) is 0 Å². The van der Waals surface area contributed by atoms with Gasteiger partial charge in [-0.2, -0.15) is 0 Å². The minimum absolute atomic E-state index is 0.380. The van der Waals surface area contributed by atoms with Gasteiger partial charge in [0.15, 0.2) is 0 Å². The van der Waals surface area contributed by atoms with E-state index in [2.05, 4.69) is 5.32 Å². The molecule has 0 aliphatic heterocycles. The van der Waals surface area contributed by atoms with Crippen LogP contribution in [-0.2, 0) is 0 Å². The predicted octanol–water partition coefficient (Wildman–Crippen LogP) is -0.608. The fourth-order valence-electron chi connectivity index (χ4n) is 0.315. The molecule has 2 amide bonds. The van der Waals surface area contributed by atoms with Crippen LogP contribution >= 0.6 is 0 Å². The summed E-state index contributed by atoms with van der Waals surface area (Å²) in [7, 11) is 0. The lowest BCUT2D eigenvalue weighted by Crippen LogP contribution is -2.46. The molecule has 0 aliphatic carbocycles. The second-order valence-electron chi connectivity index (χ2n) is 2.71. The first-order valence-corrected chi connectivity index (χ1v) is 2.74. The first-order valence-electron chi connectivity index (χ1n) is 2.74. The highest BCUT2D eigenvalue weighted by molar-refractivity contribution is 5.71. The minimum atomic E-state index is -0.534. The molecule has 4 nitrogen and oxygen atoms in total. The number of nitrogens with one attached hydrogen (secondary N) is 1. The smallest absolute Gasteiger partial charge is 0.312 e. The molecule has 0 spiro atoms. The predicted molar refractivity (Wildman–Crippen MR) is 35.9 cm³/mol. The Morgan fingerprint density at radius 2 is 2.11 bits per heavy atom. The Morgan fingerprint density at radius 3 is 2.22 bits per heavy atom. The van der Waals surface area contributed by atoms with Gasteiger partial charge in [0, 0.05) is 12.1 Å². The number of rotatable bonds is 2. The van der Waals surface area contributed by atoms with Gasteiger partial charge in [-0.1, -0.05) is 0 Å². The van der Waals surface area contributed by atoms with Gasteiger partial charge in [-0.15, -0.1) is 0 Å². The lowest BCUT2D eigenvalue weighted by molar-refractivity contribution is 0.246. The SMILES string of the molecule is CC(C)(N)CNC(N)=O. The van der Waals surface area contributed by atoms with Gasteiger partial charge in [0.2, 0.25) is 0 Å². The van der Waals surface area contributed by atoms with E-state index >= 15 is 0 Å². The molecule has 9 heavy (non-hydrogen) atoms. The minimum Gasteiger partial charge on any atom is -0.352 e. The second-order valence-corrected chi connectivity index (χ2v) is 2.71. The molecule has 0 fully saturated rings. The molecule has 0 atom stereocenters. The quantitative estimate of drug-likeness (QED) is 0.467. The van der Waals surface area contributed by atoms with Crippen LogP contribution in [0, 0.1) is 0 Å². The number of primary amides is 1. The van der Waals surface area contributed by atoms with E-state index in [9.17, 15) is 4.79 Å². The van der Waals surface area contributed by atoms with Crippen molar-refractivity contribution in [3.63, 3.8) is 0 Å². The van der Waals surface area contributed by atoms with Gasteiger partial charge in [-0.05, 0) is 13.8 Å². The van der Waals surface area contributed by atoms with E-state index in [1.165, 1.54) is 0 Å². The Bertz CT molecular complexity index is 105. The van der Waals surface area contributed by atoms with E-state index in [1.807, 2.05) is 13.8 Å². The summed E-state index contributed by atoms with van der Waals surface area (Å²) in [5, 5.41) is 2.40. The fraction of sp³-hybridized carbons (Fsp3) is 0.800. The standard InChI is InChI=1S/C5H13N3O/c1-5(2,7)3-8-4(6)9/h3,7H2,1-2H3,(H3,6,8,9). The number of amides is 2. The Hall–Kier alpha value is -0.770. The molecule has 0 aliphatic rings. The third-order valence-corrected chi connectivity index (χ3v) is 0.718. The van der Waals surface area contributed by atoms with Crippen LogP contribution < -0.4 is 16.8 Å². The third kappa shape index (κ3) is 7.23. The van der Waals surface area contributed by atoms with Gasteiger partial charge in [0.1, 0.15) is 0 Å². The summed E-state index contributed by atoms with van der Waals surface area (Å²) in [6.07, 6.45) is 0. The zero-order chi connectivity index (χ0) is 7.49. The van der Waals surface area contributed by atoms with Crippen molar-refractivity contribution < 1.29 is 4.79 Å². The summed E-state index contributed by atoms with van der Waals surface area (Å²) in [5.74, 6) is 0. The molecule has 0 saturated heterocycles. The maximum Gasteiger partial charge on any atom is 0.312 e. The van der Waals surface area contributed by atoms with Crippen molar-refractivity contribution >= 4 is 6.03 Å². The molecule has 0 heterocycles. The summed E-state index contributed by atoms with van der Waals surface area (Å²) in [4.78, 5) is 10.1. The maximum atomic E-state index is 10.1. The van der Waals surface area contributed by atoms with Crippen LogP contribution in [0.4, 0.5) is 4.79 Å². The molecule has 4 heteroatoms. The van der Waals surface area contributed by atoms with E-state index in [0.717, 1.165) is 0 Å². The summed E-state index contributed by atoms with van der Waals surface area (Å²) in [5.41, 5.74) is 9.93. The number of hydrogen-bond acceptors (Lipinski definition) is 2. The van der Waals surface area contributed by atoms with Crippen LogP contribution in [0.1, 0.15) is 13.8 Å². The number of carbonyl (C=O) groups is 1. The lowest BCUT2D eigenvalue weighted by atomic mass is 10.1. The van der Waals surface area contributed by atoms with Crippen LogP contribution in [0.5, 0.6) is 0 Å². The fourth-order valence-corrected chi connectivity index (χ4v) is 0.315. The average molecular weight is 131 g/mol. The van der Waals surface area contributed by atoms with Crippen molar-refractivity contribution in [1.29, 1.82) is 0 Å². The van der Waals surface area contributed by atoms with Crippen LogP contribution in [0.25, 0.3) is 0 Å². The van der Waals surface area contributed by atoms with Crippen molar-refractivity contribution in [2.45, 2.75) is 19.4 Å². The average Bonchev–Trinajstić information content (AvgIpc) is 1.59. The number of carbonyl (C=O) groups excluding carboxylic acids is 1. The van der Waals surface area contributed by atoms with Crippen molar-refractivity contribution in [3.05, 3.63) is 0 Å². The molecule has 0 aromatic carbocycles. The highest BCUT2D eigenvalue weighted by atomic mass is 16.2. The summed E-state index contributed by atoms with van der Waals surface area (Å²) < 4.78 is 0. The maximum absolute atomic E-state index is 10.1. The molecule has 0 radical (unpaired) electrons. The molecule has 0 rings (SSSR count). The molecule has 0 aromatic rings. The van der Waals surface area contributed by atoms with Crippen LogP contribution in [0.3, 0.4) is 0 Å². The topological polar surface area (TPSA) is 81.1 Å². The second kappa shape index (κ2) is 2.68. The van der Waals surface area contributed by atoms with Gasteiger partial charge < -0.3 is 16.8 Å². The van der Waals surface area contributed by atoms with Crippen molar-refractivity contribution in [1.82, 2.24) is 5.32 Å². The Balaban J connectivity index is 3.39. The molecule has 0 bridgehead atoms. The molecular formula is C5H13N3O. The lowest BCUT2D eigenvalue weighted by Gasteiger charge is -2.17.